The molecule has 0 unspecified atom stereocenters. The highest BCUT2D eigenvalue weighted by Gasteiger charge is 2.23. The van der Waals surface area contributed by atoms with E-state index < -0.39 is 0 Å². The summed E-state index contributed by atoms with van der Waals surface area (Å²) < 4.78 is 0.774. The fourth-order valence-electron chi connectivity index (χ4n) is 2.63. The molecule has 140 valence electrons. The Balaban J connectivity index is 1.66. The van der Waals surface area contributed by atoms with Crippen LogP contribution >= 0.6 is 23.1 Å². The summed E-state index contributed by atoms with van der Waals surface area (Å²) in [6.07, 6.45) is 0. The molecule has 3 aromatic rings. The standard InChI is InChI=1S/C20H22N4OS2/c1-4-24(16-11-6-5-7-12-16)18(25)15(3)26-20-23-22-19(27-20)21-17-13-9-8-10-14(17)2/h5-13,15H,4H2,1-3H3,(H,21,22)/t15-/m0/s1. The van der Waals surface area contributed by atoms with Gasteiger partial charge in [-0.2, -0.15) is 0 Å². The van der Waals surface area contributed by atoms with E-state index in [1.54, 1.807) is 4.90 Å². The van der Waals surface area contributed by atoms with E-state index in [2.05, 4.69) is 15.5 Å². The van der Waals surface area contributed by atoms with Crippen LogP contribution in [0, 0.1) is 6.92 Å². The van der Waals surface area contributed by atoms with Gasteiger partial charge in [-0.3, -0.25) is 4.79 Å². The second-order valence-electron chi connectivity index (χ2n) is 5.99. The first-order valence-electron chi connectivity index (χ1n) is 8.77. The molecular formula is C20H22N4OS2. The molecule has 0 radical (unpaired) electrons. The van der Waals surface area contributed by atoms with E-state index >= 15 is 0 Å². The Morgan fingerprint density at radius 2 is 1.85 bits per heavy atom. The molecule has 0 spiro atoms. The number of nitrogens with zero attached hydrogens (tertiary/aromatic N) is 3. The van der Waals surface area contributed by atoms with Gasteiger partial charge in [-0.05, 0) is 44.5 Å². The van der Waals surface area contributed by atoms with Crippen LogP contribution in [0.3, 0.4) is 0 Å². The van der Waals surface area contributed by atoms with Gasteiger partial charge in [-0.1, -0.05) is 59.5 Å². The molecule has 0 aliphatic heterocycles. The molecule has 1 heterocycles. The van der Waals surface area contributed by atoms with Crippen LogP contribution in [0.4, 0.5) is 16.5 Å². The third-order valence-corrected chi connectivity index (χ3v) is 6.08. The zero-order valence-electron chi connectivity index (χ0n) is 15.5. The van der Waals surface area contributed by atoms with Gasteiger partial charge in [0, 0.05) is 17.9 Å². The summed E-state index contributed by atoms with van der Waals surface area (Å²) >= 11 is 2.90. The normalized spacial score (nSPS) is 11.8. The van der Waals surface area contributed by atoms with E-state index in [0.717, 1.165) is 26.4 Å². The third-order valence-electron chi connectivity index (χ3n) is 4.07. The summed E-state index contributed by atoms with van der Waals surface area (Å²) in [5.74, 6) is 0.0670. The molecule has 1 atom stereocenters. The van der Waals surface area contributed by atoms with Crippen molar-refractivity contribution in [3.8, 4) is 0 Å². The molecule has 27 heavy (non-hydrogen) atoms. The van der Waals surface area contributed by atoms with Gasteiger partial charge in [-0.25, -0.2) is 0 Å². The Morgan fingerprint density at radius 3 is 2.56 bits per heavy atom. The maximum Gasteiger partial charge on any atom is 0.240 e. The van der Waals surface area contributed by atoms with Crippen molar-refractivity contribution >= 4 is 45.5 Å². The van der Waals surface area contributed by atoms with Crippen LogP contribution in [0.15, 0.2) is 58.9 Å². The fourth-order valence-corrected chi connectivity index (χ4v) is 4.60. The molecule has 0 saturated heterocycles. The zero-order chi connectivity index (χ0) is 19.2. The molecule has 2 aromatic carbocycles. The maximum atomic E-state index is 12.9. The van der Waals surface area contributed by atoms with Crippen molar-refractivity contribution in [3.63, 3.8) is 0 Å². The third kappa shape index (κ3) is 4.87. The first-order valence-corrected chi connectivity index (χ1v) is 10.5. The summed E-state index contributed by atoms with van der Waals surface area (Å²) in [6.45, 7) is 6.57. The molecule has 0 bridgehead atoms. The number of benzene rings is 2. The Labute approximate surface area is 167 Å². The summed E-state index contributed by atoms with van der Waals surface area (Å²) in [4.78, 5) is 14.7. The van der Waals surface area contributed by atoms with Gasteiger partial charge in [-0.15, -0.1) is 10.2 Å². The van der Waals surface area contributed by atoms with Gasteiger partial charge < -0.3 is 10.2 Å². The molecule has 7 heteroatoms. The molecule has 1 aromatic heterocycles. The number of hydrogen-bond donors (Lipinski definition) is 1. The van der Waals surface area contributed by atoms with Crippen LogP contribution < -0.4 is 10.2 Å². The molecule has 0 fully saturated rings. The highest BCUT2D eigenvalue weighted by molar-refractivity contribution is 8.02. The Morgan fingerprint density at radius 1 is 1.15 bits per heavy atom. The van der Waals surface area contributed by atoms with E-state index in [9.17, 15) is 4.79 Å². The molecular weight excluding hydrogens is 376 g/mol. The number of amides is 1. The summed E-state index contributed by atoms with van der Waals surface area (Å²) in [5, 5.41) is 12.2. The molecule has 0 saturated carbocycles. The largest absolute Gasteiger partial charge is 0.330 e. The van der Waals surface area contributed by atoms with Gasteiger partial charge >= 0.3 is 0 Å². The SMILES string of the molecule is CCN(C(=O)[C@H](C)Sc1nnc(Nc2ccccc2C)s1)c1ccccc1. The van der Waals surface area contributed by atoms with E-state index in [4.69, 9.17) is 0 Å². The summed E-state index contributed by atoms with van der Waals surface area (Å²) in [6, 6.07) is 17.8. The van der Waals surface area contributed by atoms with Gasteiger partial charge in [0.2, 0.25) is 11.0 Å². The van der Waals surface area contributed by atoms with Crippen molar-refractivity contribution in [1.82, 2.24) is 10.2 Å². The lowest BCUT2D eigenvalue weighted by Gasteiger charge is -2.23. The highest BCUT2D eigenvalue weighted by atomic mass is 32.2. The average Bonchev–Trinajstić information content (AvgIpc) is 3.12. The number of thioether (sulfide) groups is 1. The van der Waals surface area contributed by atoms with Gasteiger partial charge in [0.15, 0.2) is 4.34 Å². The lowest BCUT2D eigenvalue weighted by atomic mass is 10.2. The van der Waals surface area contributed by atoms with Gasteiger partial charge in [0.05, 0.1) is 5.25 Å². The Hall–Kier alpha value is -2.38. The van der Waals surface area contributed by atoms with Crippen LogP contribution in [0.5, 0.6) is 0 Å². The minimum atomic E-state index is -0.246. The molecule has 0 aliphatic carbocycles. The minimum Gasteiger partial charge on any atom is -0.330 e. The number of carbonyl (C=O) groups is 1. The Bertz CT molecular complexity index is 898. The minimum absolute atomic E-state index is 0.0670. The van der Waals surface area contributed by atoms with Crippen LogP contribution in [-0.4, -0.2) is 27.9 Å². The molecule has 1 amide bonds. The van der Waals surface area contributed by atoms with Crippen molar-refractivity contribution in [3.05, 3.63) is 60.2 Å². The quantitative estimate of drug-likeness (QED) is 0.560. The molecule has 3 rings (SSSR count). The van der Waals surface area contributed by atoms with Gasteiger partial charge in [0.25, 0.3) is 0 Å². The number of aryl methyl sites for hydroxylation is 1. The predicted octanol–water partition coefficient (Wildman–Crippen LogP) is 5.12. The zero-order valence-corrected chi connectivity index (χ0v) is 17.2. The first kappa shape index (κ1) is 19.4. The number of rotatable bonds is 7. The van der Waals surface area contributed by atoms with Crippen LogP contribution in [0.25, 0.3) is 0 Å². The van der Waals surface area contributed by atoms with Crippen LogP contribution in [0.1, 0.15) is 19.4 Å². The lowest BCUT2D eigenvalue weighted by Crippen LogP contribution is -2.36. The molecule has 0 aliphatic rings. The number of hydrogen-bond acceptors (Lipinski definition) is 6. The van der Waals surface area contributed by atoms with Crippen molar-refractivity contribution < 1.29 is 4.79 Å². The number of carbonyl (C=O) groups excluding carboxylic acids is 1. The molecule has 5 nitrogen and oxygen atoms in total. The lowest BCUT2D eigenvalue weighted by molar-refractivity contribution is -0.117. The number of aromatic nitrogens is 2. The van der Waals surface area contributed by atoms with E-state index in [1.165, 1.54) is 23.1 Å². The highest BCUT2D eigenvalue weighted by Crippen LogP contribution is 2.32. The smallest absolute Gasteiger partial charge is 0.240 e. The second kappa shape index (κ2) is 9.01. The van der Waals surface area contributed by atoms with Crippen molar-refractivity contribution in [2.24, 2.45) is 0 Å². The number of nitrogens with one attached hydrogen (secondary N) is 1. The number of para-hydroxylation sites is 2. The topological polar surface area (TPSA) is 58.1 Å². The van der Waals surface area contributed by atoms with E-state index in [0.29, 0.717) is 6.54 Å². The second-order valence-corrected chi connectivity index (χ2v) is 8.56. The van der Waals surface area contributed by atoms with Crippen molar-refractivity contribution in [1.29, 1.82) is 0 Å². The van der Waals surface area contributed by atoms with Crippen molar-refractivity contribution in [2.45, 2.75) is 30.4 Å². The van der Waals surface area contributed by atoms with Crippen molar-refractivity contribution in [2.75, 3.05) is 16.8 Å². The van der Waals surface area contributed by atoms with Crippen LogP contribution in [0.2, 0.25) is 0 Å². The summed E-state index contributed by atoms with van der Waals surface area (Å²) in [7, 11) is 0. The van der Waals surface area contributed by atoms with E-state index in [1.807, 2.05) is 75.4 Å². The van der Waals surface area contributed by atoms with Gasteiger partial charge in [0.1, 0.15) is 0 Å². The fraction of sp³-hybridized carbons (Fsp3) is 0.250. The predicted molar refractivity (Wildman–Crippen MR) is 114 cm³/mol. The van der Waals surface area contributed by atoms with E-state index in [-0.39, 0.29) is 11.2 Å². The average molecular weight is 399 g/mol. The van der Waals surface area contributed by atoms with Crippen LogP contribution in [-0.2, 0) is 4.79 Å². The first-order chi connectivity index (χ1) is 13.1. The monoisotopic (exact) mass is 398 g/mol. The molecule has 1 N–H and O–H groups in total. The Kier molecular flexibility index (Phi) is 6.47. The number of anilines is 3. The summed E-state index contributed by atoms with van der Waals surface area (Å²) in [5.41, 5.74) is 3.07. The maximum absolute atomic E-state index is 12.9.